The van der Waals surface area contributed by atoms with Crippen molar-refractivity contribution in [3.63, 3.8) is 0 Å². The van der Waals surface area contributed by atoms with Crippen molar-refractivity contribution in [3.05, 3.63) is 71.4 Å². The molecule has 0 bridgehead atoms. The van der Waals surface area contributed by atoms with Crippen LogP contribution in [0, 0.1) is 6.92 Å². The van der Waals surface area contributed by atoms with E-state index in [0.717, 1.165) is 11.3 Å². The fourth-order valence-electron chi connectivity index (χ4n) is 3.38. The predicted octanol–water partition coefficient (Wildman–Crippen LogP) is 4.64. The third-order valence-corrected chi connectivity index (χ3v) is 5.31. The monoisotopic (exact) mass is 474 g/mol. The Morgan fingerprint density at radius 2 is 1.86 bits per heavy atom. The summed E-state index contributed by atoms with van der Waals surface area (Å²) in [7, 11) is 0. The van der Waals surface area contributed by atoms with Gasteiger partial charge in [0, 0.05) is 18.2 Å². The van der Waals surface area contributed by atoms with Gasteiger partial charge in [-0.1, -0.05) is 38.1 Å². The van der Waals surface area contributed by atoms with Gasteiger partial charge in [0.2, 0.25) is 0 Å². The molecule has 0 aliphatic rings. The Morgan fingerprint density at radius 3 is 2.46 bits per heavy atom. The highest BCUT2D eigenvalue weighted by atomic mass is 16.5. The molecule has 9 nitrogen and oxygen atoms in total. The number of aromatic nitrogens is 5. The predicted molar refractivity (Wildman–Crippen MR) is 131 cm³/mol. The molecule has 4 rings (SSSR count). The van der Waals surface area contributed by atoms with Crippen LogP contribution in [0.4, 0.5) is 0 Å². The molecule has 9 heteroatoms. The molecule has 182 valence electrons. The second kappa shape index (κ2) is 9.69. The van der Waals surface area contributed by atoms with Crippen molar-refractivity contribution >= 4 is 5.91 Å². The number of nitrogens with one attached hydrogen (secondary N) is 1. The van der Waals surface area contributed by atoms with Gasteiger partial charge >= 0.3 is 0 Å². The van der Waals surface area contributed by atoms with Crippen molar-refractivity contribution < 1.29 is 14.1 Å². The van der Waals surface area contributed by atoms with Gasteiger partial charge in [0.15, 0.2) is 11.6 Å². The molecule has 4 aromatic rings. The summed E-state index contributed by atoms with van der Waals surface area (Å²) >= 11 is 0. The normalized spacial score (nSPS) is 11.6. The smallest absolute Gasteiger partial charge is 0.259 e. The third-order valence-electron chi connectivity index (χ3n) is 5.31. The molecule has 35 heavy (non-hydrogen) atoms. The molecule has 0 aliphatic heterocycles. The largest absolute Gasteiger partial charge is 0.491 e. The molecule has 1 N–H and O–H groups in total. The Labute approximate surface area is 204 Å². The number of pyridine rings is 1. The van der Waals surface area contributed by atoms with E-state index in [1.165, 1.54) is 0 Å². The minimum Gasteiger partial charge on any atom is -0.491 e. The van der Waals surface area contributed by atoms with Gasteiger partial charge in [0.25, 0.3) is 11.8 Å². The lowest BCUT2D eigenvalue weighted by Crippen LogP contribution is -2.23. The minimum absolute atomic E-state index is 0.117. The van der Waals surface area contributed by atoms with Crippen LogP contribution in [-0.4, -0.2) is 36.9 Å². The van der Waals surface area contributed by atoms with Crippen molar-refractivity contribution in [1.82, 2.24) is 30.2 Å². The zero-order valence-corrected chi connectivity index (χ0v) is 20.9. The number of hydrogen-bond acceptors (Lipinski definition) is 7. The summed E-state index contributed by atoms with van der Waals surface area (Å²) in [5, 5.41) is 11.4. The van der Waals surface area contributed by atoms with Crippen LogP contribution in [0.1, 0.15) is 62.1 Å². The summed E-state index contributed by atoms with van der Waals surface area (Å²) in [5.74, 6) is 2.24. The number of nitrogens with zero attached hydrogens (tertiary/aromatic N) is 5. The number of ether oxygens (including phenoxy) is 1. The highest BCUT2D eigenvalue weighted by Gasteiger charge is 2.22. The Morgan fingerprint density at radius 1 is 1.11 bits per heavy atom. The first-order chi connectivity index (χ1) is 16.6. The second-order valence-corrected chi connectivity index (χ2v) is 9.63. The van der Waals surface area contributed by atoms with Crippen LogP contribution < -0.4 is 10.1 Å². The third kappa shape index (κ3) is 5.56. The fraction of sp³-hybridized carbons (Fsp3) is 0.346. The van der Waals surface area contributed by atoms with Crippen molar-refractivity contribution in [2.24, 2.45) is 0 Å². The molecule has 0 unspecified atom stereocenters. The molecular formula is C26H30N6O3. The Hall–Kier alpha value is -4.01. The molecule has 0 aliphatic carbocycles. The molecule has 0 saturated carbocycles. The quantitative estimate of drug-likeness (QED) is 0.416. The number of benzene rings is 1. The standard InChI is InChI=1S/C26H30N6O3/c1-16(2)34-20-10-7-18(8-11-20)13-28-23(33)21-15-29-32(17(21)3)22-12-9-19(14-27-22)24-30-25(31-35-24)26(4,5)6/h7-12,14-16H,13H2,1-6H3,(H,28,33). The van der Waals surface area contributed by atoms with Crippen molar-refractivity contribution in [1.29, 1.82) is 0 Å². The first-order valence-corrected chi connectivity index (χ1v) is 11.5. The average Bonchev–Trinajstić information content (AvgIpc) is 3.46. The number of carbonyl (C=O) groups excluding carboxylic acids is 1. The van der Waals surface area contributed by atoms with Crippen LogP contribution in [0.5, 0.6) is 5.75 Å². The van der Waals surface area contributed by atoms with E-state index < -0.39 is 0 Å². The summed E-state index contributed by atoms with van der Waals surface area (Å²) < 4.78 is 12.7. The molecule has 0 fully saturated rings. The van der Waals surface area contributed by atoms with E-state index in [-0.39, 0.29) is 17.4 Å². The highest BCUT2D eigenvalue weighted by molar-refractivity contribution is 5.95. The second-order valence-electron chi connectivity index (χ2n) is 9.63. The van der Waals surface area contributed by atoms with Crippen LogP contribution in [-0.2, 0) is 12.0 Å². The first kappa shape index (κ1) is 24.1. The number of carbonyl (C=O) groups is 1. The number of rotatable bonds is 7. The summed E-state index contributed by atoms with van der Waals surface area (Å²) in [5.41, 5.74) is 2.67. The topological polar surface area (TPSA) is 108 Å². The lowest BCUT2D eigenvalue weighted by Gasteiger charge is -2.10. The van der Waals surface area contributed by atoms with Gasteiger partial charge < -0.3 is 14.6 Å². The van der Waals surface area contributed by atoms with E-state index in [9.17, 15) is 4.79 Å². The van der Waals surface area contributed by atoms with Gasteiger partial charge in [0.1, 0.15) is 5.75 Å². The van der Waals surface area contributed by atoms with Crippen molar-refractivity contribution in [2.75, 3.05) is 0 Å². The van der Waals surface area contributed by atoms with Gasteiger partial charge in [-0.05, 0) is 50.6 Å². The van der Waals surface area contributed by atoms with Crippen LogP contribution in [0.25, 0.3) is 17.3 Å². The lowest BCUT2D eigenvalue weighted by molar-refractivity contribution is 0.0950. The number of amides is 1. The summed E-state index contributed by atoms with van der Waals surface area (Å²) in [4.78, 5) is 21.7. The molecule has 1 amide bonds. The zero-order valence-electron chi connectivity index (χ0n) is 20.9. The molecule has 0 radical (unpaired) electrons. The van der Waals surface area contributed by atoms with E-state index in [0.29, 0.717) is 40.9 Å². The minimum atomic E-state index is -0.204. The van der Waals surface area contributed by atoms with E-state index in [4.69, 9.17) is 9.26 Å². The van der Waals surface area contributed by atoms with Gasteiger partial charge in [-0.2, -0.15) is 10.1 Å². The molecule has 0 atom stereocenters. The van der Waals surface area contributed by atoms with Crippen molar-refractivity contribution in [3.8, 4) is 23.0 Å². The van der Waals surface area contributed by atoms with Crippen LogP contribution in [0.3, 0.4) is 0 Å². The van der Waals surface area contributed by atoms with Crippen LogP contribution >= 0.6 is 0 Å². The molecule has 0 saturated heterocycles. The molecular weight excluding hydrogens is 444 g/mol. The summed E-state index contributed by atoms with van der Waals surface area (Å²) in [6.45, 7) is 12.3. The van der Waals surface area contributed by atoms with Crippen LogP contribution in [0.2, 0.25) is 0 Å². The maximum Gasteiger partial charge on any atom is 0.259 e. The summed E-state index contributed by atoms with van der Waals surface area (Å²) in [6.07, 6.45) is 3.32. The van der Waals surface area contributed by atoms with Crippen molar-refractivity contribution in [2.45, 2.75) is 59.6 Å². The molecule has 0 spiro atoms. The zero-order chi connectivity index (χ0) is 25.2. The van der Waals surface area contributed by atoms with E-state index in [2.05, 4.69) is 25.5 Å². The fourth-order valence-corrected chi connectivity index (χ4v) is 3.38. The lowest BCUT2D eigenvalue weighted by atomic mass is 9.96. The van der Waals surface area contributed by atoms with E-state index in [1.807, 2.05) is 71.9 Å². The molecule has 3 aromatic heterocycles. The average molecular weight is 475 g/mol. The van der Waals surface area contributed by atoms with E-state index >= 15 is 0 Å². The number of hydrogen-bond donors (Lipinski definition) is 1. The maximum atomic E-state index is 12.8. The first-order valence-electron chi connectivity index (χ1n) is 11.5. The SMILES string of the molecule is Cc1c(C(=O)NCc2ccc(OC(C)C)cc2)cnn1-c1ccc(-c2nc(C(C)(C)C)no2)cn1. The van der Waals surface area contributed by atoms with Gasteiger partial charge in [-0.25, -0.2) is 9.67 Å². The van der Waals surface area contributed by atoms with Gasteiger partial charge in [0.05, 0.1) is 29.1 Å². The maximum absolute atomic E-state index is 12.8. The van der Waals surface area contributed by atoms with Gasteiger partial charge in [-0.15, -0.1) is 0 Å². The highest BCUT2D eigenvalue weighted by Crippen LogP contribution is 2.24. The van der Waals surface area contributed by atoms with Gasteiger partial charge in [-0.3, -0.25) is 4.79 Å². The Kier molecular flexibility index (Phi) is 6.68. The molecule has 3 heterocycles. The molecule has 1 aromatic carbocycles. The summed E-state index contributed by atoms with van der Waals surface area (Å²) in [6, 6.07) is 11.3. The van der Waals surface area contributed by atoms with E-state index in [1.54, 1.807) is 23.1 Å². The Balaban J connectivity index is 1.42. The van der Waals surface area contributed by atoms with Crippen LogP contribution in [0.15, 0.2) is 53.3 Å². The Bertz CT molecular complexity index is 1300.